The highest BCUT2D eigenvalue weighted by Crippen LogP contribution is 2.35. The quantitative estimate of drug-likeness (QED) is 0.256. The second kappa shape index (κ2) is 13.1. The molecule has 9 nitrogen and oxygen atoms in total. The van der Waals surface area contributed by atoms with Crippen molar-refractivity contribution in [1.29, 1.82) is 0 Å². The van der Waals surface area contributed by atoms with Crippen LogP contribution in [0, 0.1) is 5.92 Å². The Morgan fingerprint density at radius 1 is 0.821 bits per heavy atom. The molecule has 0 spiro atoms. The normalized spacial score (nSPS) is 13.6. The van der Waals surface area contributed by atoms with E-state index in [1.807, 2.05) is 0 Å². The van der Waals surface area contributed by atoms with Gasteiger partial charge in [0.1, 0.15) is 9.75 Å². The predicted octanol–water partition coefficient (Wildman–Crippen LogP) is 5.44. The molecule has 0 bridgehead atoms. The first-order valence-electron chi connectivity index (χ1n) is 10.8. The van der Waals surface area contributed by atoms with E-state index in [9.17, 15) is 50.3 Å². The van der Waals surface area contributed by atoms with Gasteiger partial charge in [0.25, 0.3) is 0 Å². The molecule has 2 aromatic rings. The summed E-state index contributed by atoms with van der Waals surface area (Å²) in [5.74, 6) is -6.45. The molecule has 0 atom stereocenters. The Morgan fingerprint density at radius 3 is 1.79 bits per heavy atom. The number of carbonyl (C=O) groups excluding carboxylic acids is 5. The number of anilines is 2. The lowest BCUT2D eigenvalue weighted by Crippen LogP contribution is -2.30. The molecule has 1 saturated carbocycles. The van der Waals surface area contributed by atoms with Crippen molar-refractivity contribution in [3.05, 3.63) is 32.1 Å². The van der Waals surface area contributed by atoms with Gasteiger partial charge in [-0.05, 0) is 30.4 Å². The van der Waals surface area contributed by atoms with Gasteiger partial charge >= 0.3 is 36.1 Å². The van der Waals surface area contributed by atoms with Gasteiger partial charge in [-0.2, -0.15) is 26.3 Å². The van der Waals surface area contributed by atoms with Gasteiger partial charge in [-0.25, -0.2) is 9.59 Å². The Hall–Kier alpha value is -3.47. The van der Waals surface area contributed by atoms with Gasteiger partial charge < -0.3 is 20.1 Å². The Kier molecular flexibility index (Phi) is 10.6. The fourth-order valence-electron chi connectivity index (χ4n) is 3.28. The molecule has 1 aliphatic rings. The molecule has 1 fully saturated rings. The summed E-state index contributed by atoms with van der Waals surface area (Å²) in [7, 11) is 2.16. The summed E-state index contributed by atoms with van der Waals surface area (Å²) >= 11 is 1.61. The number of hydrogen-bond donors (Lipinski definition) is 2. The fraction of sp³-hybridized carbons (Fsp3) is 0.409. The minimum absolute atomic E-state index is 0.0832. The van der Waals surface area contributed by atoms with Gasteiger partial charge in [-0.1, -0.05) is 12.8 Å². The molecule has 1 aliphatic carbocycles. The average Bonchev–Trinajstić information content (AvgIpc) is 3.63. The molecule has 0 radical (unpaired) electrons. The summed E-state index contributed by atoms with van der Waals surface area (Å²) in [6.45, 7) is 0. The van der Waals surface area contributed by atoms with E-state index < -0.39 is 36.1 Å². The van der Waals surface area contributed by atoms with E-state index in [2.05, 4.69) is 9.47 Å². The zero-order chi connectivity index (χ0) is 29.5. The van der Waals surface area contributed by atoms with E-state index in [4.69, 9.17) is 0 Å². The van der Waals surface area contributed by atoms with Crippen LogP contribution in [0.25, 0.3) is 0 Å². The number of hydrogen-bond acceptors (Lipinski definition) is 9. The molecular formula is C22H20F6N2O7S2. The minimum atomic E-state index is -5.09. The average molecular weight is 603 g/mol. The largest absolute Gasteiger partial charge is 0.471 e. The molecule has 2 aromatic heterocycles. The summed E-state index contributed by atoms with van der Waals surface area (Å²) in [5, 5.41) is 4.59. The lowest BCUT2D eigenvalue weighted by molar-refractivity contribution is -0.167. The van der Waals surface area contributed by atoms with Crippen molar-refractivity contribution in [3.63, 3.8) is 0 Å². The number of halogens is 6. The number of carbonyl (C=O) groups is 5. The SMILES string of the molecule is COC(=O)c1sc(C(=O)C2CCCC2)cc1NC(=O)C(F)(F)F.COC(=O)c1sccc1NC(=O)C(F)(F)F. The number of rotatable bonds is 6. The number of ketones is 1. The van der Waals surface area contributed by atoms with Crippen LogP contribution in [-0.4, -0.2) is 56.1 Å². The van der Waals surface area contributed by atoms with E-state index in [0.717, 1.165) is 55.8 Å². The molecule has 0 aromatic carbocycles. The molecular weight excluding hydrogens is 582 g/mol. The van der Waals surface area contributed by atoms with E-state index in [-0.39, 0.29) is 37.7 Å². The van der Waals surface area contributed by atoms with Crippen LogP contribution >= 0.6 is 22.7 Å². The lowest BCUT2D eigenvalue weighted by Gasteiger charge is -2.07. The van der Waals surface area contributed by atoms with Crippen LogP contribution < -0.4 is 10.6 Å². The van der Waals surface area contributed by atoms with Crippen molar-refractivity contribution in [2.24, 2.45) is 5.92 Å². The first kappa shape index (κ1) is 31.7. The molecule has 214 valence electrons. The monoisotopic (exact) mass is 602 g/mol. The number of methoxy groups -OCH3 is 2. The van der Waals surface area contributed by atoms with Gasteiger partial charge in [-0.15, -0.1) is 22.7 Å². The highest BCUT2D eigenvalue weighted by molar-refractivity contribution is 7.16. The molecule has 17 heteroatoms. The second-order valence-corrected chi connectivity index (χ2v) is 9.72. The highest BCUT2D eigenvalue weighted by Gasteiger charge is 2.40. The van der Waals surface area contributed by atoms with Crippen LogP contribution in [0.4, 0.5) is 37.7 Å². The van der Waals surface area contributed by atoms with E-state index >= 15 is 0 Å². The van der Waals surface area contributed by atoms with E-state index in [1.165, 1.54) is 11.4 Å². The van der Waals surface area contributed by atoms with Gasteiger partial charge in [-0.3, -0.25) is 14.4 Å². The van der Waals surface area contributed by atoms with Crippen LogP contribution in [0.1, 0.15) is 54.7 Å². The molecule has 0 unspecified atom stereocenters. The van der Waals surface area contributed by atoms with Crippen LogP contribution in [0.5, 0.6) is 0 Å². The number of ether oxygens (including phenoxy) is 2. The van der Waals surface area contributed by atoms with Gasteiger partial charge in [0, 0.05) is 5.92 Å². The Bertz CT molecular complexity index is 1230. The van der Waals surface area contributed by atoms with Crippen molar-refractivity contribution in [1.82, 2.24) is 0 Å². The fourth-order valence-corrected chi connectivity index (χ4v) is 5.10. The molecule has 39 heavy (non-hydrogen) atoms. The standard InChI is InChI=1S/C14H14F3NO4S.C8H6F3NO3S/c1-22-12(20)11-8(18-13(21)14(15,16)17)6-9(23-11)10(19)7-4-2-3-5-7;1-15-6(13)5-4(2-3-16-5)12-7(14)8(9,10)11/h6-7H,2-5H2,1H3,(H,18,21);2-3H,1H3,(H,12,14). The predicted molar refractivity (Wildman–Crippen MR) is 127 cm³/mol. The van der Waals surface area contributed by atoms with Crippen LogP contribution in [0.3, 0.4) is 0 Å². The molecule has 2 heterocycles. The van der Waals surface area contributed by atoms with Crippen LogP contribution in [-0.2, 0) is 19.1 Å². The Morgan fingerprint density at radius 2 is 1.31 bits per heavy atom. The topological polar surface area (TPSA) is 128 Å². The maximum absolute atomic E-state index is 12.4. The third-order valence-corrected chi connectivity index (χ3v) is 7.14. The maximum Gasteiger partial charge on any atom is 0.471 e. The first-order chi connectivity index (χ1) is 18.1. The van der Waals surface area contributed by atoms with Gasteiger partial charge in [0.15, 0.2) is 5.78 Å². The van der Waals surface area contributed by atoms with E-state index in [1.54, 1.807) is 10.6 Å². The number of Topliss-reactive ketones (excluding diaryl/α,β-unsaturated/α-hetero) is 1. The third-order valence-electron chi connectivity index (χ3n) is 5.12. The summed E-state index contributed by atoms with van der Waals surface area (Å²) in [5.41, 5.74) is -0.565. The number of nitrogens with one attached hydrogen (secondary N) is 2. The summed E-state index contributed by atoms with van der Waals surface area (Å²) < 4.78 is 81.7. The molecule has 3 rings (SSSR count). The number of amides is 2. The smallest absolute Gasteiger partial charge is 0.465 e. The molecule has 2 amide bonds. The first-order valence-corrected chi connectivity index (χ1v) is 12.5. The second-order valence-electron chi connectivity index (χ2n) is 7.75. The van der Waals surface area contributed by atoms with Crippen molar-refractivity contribution in [2.75, 3.05) is 24.9 Å². The molecule has 2 N–H and O–H groups in total. The molecule has 0 aliphatic heterocycles. The van der Waals surface area contributed by atoms with Crippen molar-refractivity contribution in [3.8, 4) is 0 Å². The Labute approximate surface area is 224 Å². The van der Waals surface area contributed by atoms with Gasteiger partial charge in [0.2, 0.25) is 0 Å². The van der Waals surface area contributed by atoms with Crippen molar-refractivity contribution in [2.45, 2.75) is 38.0 Å². The summed E-state index contributed by atoms with van der Waals surface area (Å²) in [4.78, 5) is 56.6. The van der Waals surface area contributed by atoms with Crippen LogP contribution in [0.15, 0.2) is 17.5 Å². The molecule has 0 saturated heterocycles. The Balaban J connectivity index is 0.000000293. The third kappa shape index (κ3) is 8.51. The number of esters is 2. The maximum atomic E-state index is 12.4. The van der Waals surface area contributed by atoms with Crippen molar-refractivity contribution >= 4 is 63.6 Å². The zero-order valence-corrected chi connectivity index (χ0v) is 21.7. The van der Waals surface area contributed by atoms with Gasteiger partial charge in [0.05, 0.1) is 30.5 Å². The number of thiophene rings is 2. The lowest BCUT2D eigenvalue weighted by atomic mass is 10.0. The number of alkyl halides is 6. The highest BCUT2D eigenvalue weighted by atomic mass is 32.1. The summed E-state index contributed by atoms with van der Waals surface area (Å²) in [6.07, 6.45) is -6.81. The van der Waals surface area contributed by atoms with E-state index in [0.29, 0.717) is 12.8 Å². The van der Waals surface area contributed by atoms with Crippen molar-refractivity contribution < 1.29 is 59.8 Å². The van der Waals surface area contributed by atoms with Crippen LogP contribution in [0.2, 0.25) is 0 Å². The zero-order valence-electron chi connectivity index (χ0n) is 20.1. The summed E-state index contributed by atoms with van der Waals surface area (Å²) in [6, 6.07) is 2.31. The minimum Gasteiger partial charge on any atom is -0.465 e.